The minimum Gasteiger partial charge on any atom is -0.477 e. The van der Waals surface area contributed by atoms with Crippen molar-refractivity contribution >= 4 is 29.2 Å². The van der Waals surface area contributed by atoms with Crippen LogP contribution < -0.4 is 10.7 Å². The number of aryl methyl sites for hydroxylation is 1. The molecule has 51 heavy (non-hydrogen) atoms. The number of carboxylic acids is 1. The smallest absolute Gasteiger partial charge is 0.341 e. The average Bonchev–Trinajstić information content (AvgIpc) is 3.61. The van der Waals surface area contributed by atoms with Gasteiger partial charge in [0.15, 0.2) is 0 Å². The minimum atomic E-state index is -1.29. The molecule has 6 rings (SSSR count). The Morgan fingerprint density at radius 1 is 0.902 bits per heavy atom. The molecule has 0 spiro atoms. The van der Waals surface area contributed by atoms with Crippen molar-refractivity contribution in [3.63, 3.8) is 0 Å². The first-order chi connectivity index (χ1) is 24.6. The molecule has 2 aromatic heterocycles. The molecule has 0 unspecified atom stereocenters. The largest absolute Gasteiger partial charge is 0.477 e. The lowest BCUT2D eigenvalue weighted by molar-refractivity contribution is -0.216. The Balaban J connectivity index is 1.36. The fourth-order valence-electron chi connectivity index (χ4n) is 6.59. The third-order valence-corrected chi connectivity index (χ3v) is 8.69. The topological polar surface area (TPSA) is 119 Å². The zero-order chi connectivity index (χ0) is 36.0. The number of amides is 1. The molecule has 1 amide bonds. The van der Waals surface area contributed by atoms with Gasteiger partial charge in [0.25, 0.3) is 0 Å². The number of nitrogens with zero attached hydrogens (tertiary/aromatic N) is 4. The van der Waals surface area contributed by atoms with Gasteiger partial charge in [-0.1, -0.05) is 97.1 Å². The summed E-state index contributed by atoms with van der Waals surface area (Å²) in [5.74, 6) is -0.657. The maximum Gasteiger partial charge on any atom is 0.341 e. The third kappa shape index (κ3) is 7.32. The fraction of sp³-hybridized carbons (Fsp3) is 0.220. The Labute approximate surface area is 296 Å². The molecule has 4 aromatic carbocycles. The van der Waals surface area contributed by atoms with E-state index < -0.39 is 22.5 Å². The van der Waals surface area contributed by atoms with Crippen LogP contribution in [0.2, 0.25) is 0 Å². The van der Waals surface area contributed by atoms with Crippen LogP contribution in [0.15, 0.2) is 133 Å². The first-order valence-corrected chi connectivity index (χ1v) is 16.9. The molecule has 2 N–H and O–H groups in total. The van der Waals surface area contributed by atoms with Crippen LogP contribution >= 0.6 is 0 Å². The molecular formula is C41H41N5O5. The number of nitrogens with one attached hydrogen (secondary N) is 1. The second-order valence-electron chi connectivity index (χ2n) is 13.3. The number of benzene rings is 4. The number of fused-ring (bicyclic) bond motifs is 1. The van der Waals surface area contributed by atoms with E-state index in [2.05, 4.69) is 46.3 Å². The number of hydrogen-bond donors (Lipinski definition) is 2. The summed E-state index contributed by atoms with van der Waals surface area (Å²) in [6.45, 7) is 6.56. The van der Waals surface area contributed by atoms with Crippen molar-refractivity contribution in [2.45, 2.75) is 51.4 Å². The molecule has 0 saturated carbocycles. The second kappa shape index (κ2) is 14.9. The van der Waals surface area contributed by atoms with Gasteiger partial charge in [-0.25, -0.2) is 14.8 Å². The number of aromatic nitrogens is 3. The van der Waals surface area contributed by atoms with Crippen LogP contribution in [-0.2, 0) is 28.3 Å². The van der Waals surface area contributed by atoms with E-state index in [1.54, 1.807) is 16.8 Å². The predicted molar refractivity (Wildman–Crippen MR) is 198 cm³/mol. The molecule has 0 aliphatic rings. The van der Waals surface area contributed by atoms with E-state index in [0.717, 1.165) is 22.3 Å². The highest BCUT2D eigenvalue weighted by Gasteiger charge is 2.39. The van der Waals surface area contributed by atoms with Gasteiger partial charge >= 0.3 is 5.97 Å². The van der Waals surface area contributed by atoms with E-state index in [0.29, 0.717) is 42.8 Å². The van der Waals surface area contributed by atoms with Crippen LogP contribution in [0.25, 0.3) is 10.9 Å². The molecule has 0 bridgehead atoms. The van der Waals surface area contributed by atoms with E-state index in [1.807, 2.05) is 93.7 Å². The summed E-state index contributed by atoms with van der Waals surface area (Å²) in [6.07, 6.45) is 6.23. The lowest BCUT2D eigenvalue weighted by Gasteiger charge is -2.38. The van der Waals surface area contributed by atoms with Crippen molar-refractivity contribution in [1.29, 1.82) is 0 Å². The van der Waals surface area contributed by atoms with Crippen molar-refractivity contribution in [2.75, 3.05) is 11.9 Å². The van der Waals surface area contributed by atoms with Crippen molar-refractivity contribution in [3.8, 4) is 0 Å². The number of rotatable bonds is 14. The first kappa shape index (κ1) is 34.8. The number of imidazole rings is 1. The molecule has 0 saturated heterocycles. The summed E-state index contributed by atoms with van der Waals surface area (Å²) >= 11 is 0. The van der Waals surface area contributed by atoms with Crippen LogP contribution in [-0.4, -0.2) is 48.8 Å². The Hall–Kier alpha value is -6.00. The van der Waals surface area contributed by atoms with Gasteiger partial charge in [-0.2, -0.15) is 0 Å². The molecule has 6 aromatic rings. The second-order valence-corrected chi connectivity index (χ2v) is 13.3. The molecule has 0 aliphatic heterocycles. The molecule has 0 radical (unpaired) electrons. The molecular weight excluding hydrogens is 642 g/mol. The molecule has 0 aliphatic carbocycles. The van der Waals surface area contributed by atoms with Gasteiger partial charge in [-0.05, 0) is 61.6 Å². The number of carboxylic acid groups (broad SMARTS) is 1. The normalized spacial score (nSPS) is 11.7. The van der Waals surface area contributed by atoms with Crippen molar-refractivity contribution in [3.05, 3.63) is 166 Å². The Morgan fingerprint density at radius 3 is 2.02 bits per heavy atom. The number of pyridine rings is 1. The molecule has 10 heteroatoms. The fourth-order valence-corrected chi connectivity index (χ4v) is 6.59. The van der Waals surface area contributed by atoms with E-state index in [-0.39, 0.29) is 12.1 Å². The lowest BCUT2D eigenvalue weighted by Crippen LogP contribution is -2.38. The Bertz CT molecular complexity index is 2080. The van der Waals surface area contributed by atoms with Crippen LogP contribution in [0.5, 0.6) is 0 Å². The third-order valence-electron chi connectivity index (χ3n) is 8.69. The SMILES string of the molecule is CC(C)(C)ON(C=O)CCCn1cc(C(=O)O)c(=O)c2ccc(CNc3nccn3C(c3ccccc3)(c3ccccc3)c3ccccc3)cc21. The summed E-state index contributed by atoms with van der Waals surface area (Å²) in [7, 11) is 0. The first-order valence-electron chi connectivity index (χ1n) is 16.9. The quantitative estimate of drug-likeness (QED) is 0.0727. The summed E-state index contributed by atoms with van der Waals surface area (Å²) in [6, 6.07) is 36.4. The van der Waals surface area contributed by atoms with Gasteiger partial charge in [0.05, 0.1) is 17.7 Å². The van der Waals surface area contributed by atoms with Crippen LogP contribution in [0, 0.1) is 0 Å². The van der Waals surface area contributed by atoms with Crippen molar-refractivity contribution < 1.29 is 19.5 Å². The number of carbonyl (C=O) groups is 2. The number of anilines is 1. The standard InChI is InChI=1S/C41H41N5O5/c1-40(2,3)51-45(29-47)24-13-23-44-28-35(38(49)50)37(48)34-21-20-30(26-36(34)44)27-43-39-42-22-25-46(39)41(31-14-7-4-8-15-31,32-16-9-5-10-17-32)33-18-11-6-12-19-33/h4-12,14-22,25-26,28-29H,13,23-24,27H2,1-3H3,(H,42,43)(H,49,50). The highest BCUT2D eigenvalue weighted by atomic mass is 16.7. The van der Waals surface area contributed by atoms with Crippen LogP contribution in [0.1, 0.15) is 59.8 Å². The summed E-state index contributed by atoms with van der Waals surface area (Å²) in [5.41, 5.74) is 2.47. The maximum absolute atomic E-state index is 13.2. The van der Waals surface area contributed by atoms with Gasteiger partial charge in [0, 0.05) is 37.1 Å². The number of hydrogen-bond acceptors (Lipinski definition) is 6. The molecule has 10 nitrogen and oxygen atoms in total. The summed E-state index contributed by atoms with van der Waals surface area (Å²) in [5, 5.41) is 14.9. The van der Waals surface area contributed by atoms with E-state index in [9.17, 15) is 19.5 Å². The van der Waals surface area contributed by atoms with E-state index in [1.165, 1.54) is 11.3 Å². The van der Waals surface area contributed by atoms with Crippen LogP contribution in [0.3, 0.4) is 0 Å². The van der Waals surface area contributed by atoms with Gasteiger partial charge in [0.1, 0.15) is 11.1 Å². The highest BCUT2D eigenvalue weighted by molar-refractivity contribution is 5.92. The lowest BCUT2D eigenvalue weighted by atomic mass is 9.76. The molecule has 0 atom stereocenters. The van der Waals surface area contributed by atoms with Crippen LogP contribution in [0.4, 0.5) is 5.95 Å². The number of aromatic carboxylic acids is 1. The number of hydroxylamine groups is 2. The zero-order valence-corrected chi connectivity index (χ0v) is 28.9. The van der Waals surface area contributed by atoms with Gasteiger partial charge in [-0.15, -0.1) is 0 Å². The minimum absolute atomic E-state index is 0.284. The molecule has 0 fully saturated rings. The monoisotopic (exact) mass is 683 g/mol. The van der Waals surface area contributed by atoms with Gasteiger partial charge in [0.2, 0.25) is 17.8 Å². The van der Waals surface area contributed by atoms with Gasteiger partial charge < -0.3 is 15.0 Å². The molecule has 2 heterocycles. The van der Waals surface area contributed by atoms with Gasteiger partial charge in [-0.3, -0.25) is 19.0 Å². The average molecular weight is 684 g/mol. The van der Waals surface area contributed by atoms with E-state index in [4.69, 9.17) is 9.82 Å². The van der Waals surface area contributed by atoms with E-state index >= 15 is 0 Å². The van der Waals surface area contributed by atoms with Crippen molar-refractivity contribution in [2.24, 2.45) is 0 Å². The predicted octanol–water partition coefficient (Wildman–Crippen LogP) is 6.93. The zero-order valence-electron chi connectivity index (χ0n) is 28.9. The van der Waals surface area contributed by atoms with Crippen molar-refractivity contribution in [1.82, 2.24) is 19.2 Å². The maximum atomic E-state index is 13.2. The Morgan fingerprint density at radius 2 is 1.49 bits per heavy atom. The Kier molecular flexibility index (Phi) is 10.2. The molecule has 260 valence electrons. The highest BCUT2D eigenvalue weighted by Crippen LogP contribution is 2.42. The summed E-state index contributed by atoms with van der Waals surface area (Å²) in [4.78, 5) is 47.3. The summed E-state index contributed by atoms with van der Waals surface area (Å²) < 4.78 is 3.91. The number of carbonyl (C=O) groups excluding carboxylic acids is 1.